The second-order valence-corrected chi connectivity index (χ2v) is 4.59. The van der Waals surface area contributed by atoms with Crippen molar-refractivity contribution in [1.29, 1.82) is 0 Å². The monoisotopic (exact) mass is 204 g/mol. The quantitative estimate of drug-likeness (QED) is 0.602. The van der Waals surface area contributed by atoms with Gasteiger partial charge in [0.25, 0.3) is 0 Å². The molecule has 10 heavy (non-hydrogen) atoms. The summed E-state index contributed by atoms with van der Waals surface area (Å²) in [5.74, 6) is 0.208. The first-order chi connectivity index (χ1) is 4.40. The van der Waals surface area contributed by atoms with Gasteiger partial charge in [-0.1, -0.05) is 30.1 Å². The number of aliphatic hydroxyl groups is 1. The number of alkyl halides is 3. The molecule has 0 radical (unpaired) electrons. The molecule has 0 saturated heterocycles. The summed E-state index contributed by atoms with van der Waals surface area (Å²) in [5, 5.41) is 7.00. The van der Waals surface area contributed by atoms with Crippen LogP contribution in [-0.2, 0) is 0 Å². The first-order valence-electron chi connectivity index (χ1n) is 2.92. The average molecular weight is 206 g/mol. The van der Waals surface area contributed by atoms with E-state index < -0.39 is 9.21 Å². The van der Waals surface area contributed by atoms with Crippen LogP contribution in [0.2, 0.25) is 0 Å². The van der Waals surface area contributed by atoms with E-state index in [1.165, 1.54) is 0 Å². The van der Waals surface area contributed by atoms with E-state index in [2.05, 4.69) is 0 Å². The fourth-order valence-electron chi connectivity index (χ4n) is 0.696. The Labute approximate surface area is 76.3 Å². The third-order valence-corrected chi connectivity index (χ3v) is 4.18. The number of rotatable bonds is 0. The first kappa shape index (κ1) is 10.8. The van der Waals surface area contributed by atoms with Crippen molar-refractivity contribution in [2.75, 3.05) is 7.11 Å². The van der Waals surface area contributed by atoms with Gasteiger partial charge in [-0.15, -0.1) is 11.6 Å². The highest BCUT2D eigenvalue weighted by Gasteiger charge is 2.70. The average Bonchev–Trinajstić information content (AvgIpc) is 2.20. The van der Waals surface area contributed by atoms with E-state index in [1.54, 1.807) is 0 Å². The van der Waals surface area contributed by atoms with Crippen molar-refractivity contribution in [3.8, 4) is 0 Å². The molecule has 0 bridgehead atoms. The van der Waals surface area contributed by atoms with Gasteiger partial charge in [-0.3, -0.25) is 0 Å². The van der Waals surface area contributed by atoms with Crippen molar-refractivity contribution in [2.24, 2.45) is 5.92 Å². The predicted molar refractivity (Wildman–Crippen MR) is 46.0 cm³/mol. The van der Waals surface area contributed by atoms with Gasteiger partial charge in [0.1, 0.15) is 4.33 Å². The molecule has 0 aromatic carbocycles. The van der Waals surface area contributed by atoms with Gasteiger partial charge in [-0.2, -0.15) is 0 Å². The second kappa shape index (κ2) is 3.06. The molecule has 0 aliphatic heterocycles. The number of aliphatic hydroxyl groups excluding tert-OH is 1. The summed E-state index contributed by atoms with van der Waals surface area (Å²) in [5.41, 5.74) is 0. The summed E-state index contributed by atoms with van der Waals surface area (Å²) in [6.07, 6.45) is 0. The molecule has 1 nitrogen and oxygen atoms in total. The molecule has 4 heteroatoms. The first-order valence-corrected chi connectivity index (χ1v) is 4.05. The minimum Gasteiger partial charge on any atom is -0.400 e. The van der Waals surface area contributed by atoms with E-state index in [9.17, 15) is 0 Å². The molecule has 62 valence electrons. The Balaban J connectivity index is 0.000000371. The molecule has 0 heterocycles. The topological polar surface area (TPSA) is 20.2 Å². The molecule has 1 rings (SSSR count). The minimum absolute atomic E-state index is 0.208. The zero-order chi connectivity index (χ0) is 8.58. The van der Waals surface area contributed by atoms with Gasteiger partial charge in [-0.25, -0.2) is 0 Å². The lowest BCUT2D eigenvalue weighted by Crippen LogP contribution is -2.00. The molecular formula is C6H11Cl3O. The summed E-state index contributed by atoms with van der Waals surface area (Å²) < 4.78 is -0.686. The molecular weight excluding hydrogens is 194 g/mol. The van der Waals surface area contributed by atoms with Gasteiger partial charge in [0, 0.05) is 13.0 Å². The smallest absolute Gasteiger partial charge is 0.141 e. The molecule has 1 aliphatic carbocycles. The molecule has 0 spiro atoms. The molecule has 1 fully saturated rings. The predicted octanol–water partition coefficient (Wildman–Crippen LogP) is 2.42. The van der Waals surface area contributed by atoms with Crippen LogP contribution >= 0.6 is 34.8 Å². The van der Waals surface area contributed by atoms with Crippen LogP contribution in [0, 0.1) is 5.92 Å². The Morgan fingerprint density at radius 3 is 1.30 bits per heavy atom. The van der Waals surface area contributed by atoms with Crippen molar-refractivity contribution >= 4 is 34.8 Å². The Bertz CT molecular complexity index is 108. The maximum atomic E-state index is 7.00. The van der Waals surface area contributed by atoms with E-state index in [-0.39, 0.29) is 5.92 Å². The molecule has 0 aromatic heterocycles. The van der Waals surface area contributed by atoms with Crippen LogP contribution in [0.3, 0.4) is 0 Å². The highest BCUT2D eigenvalue weighted by atomic mass is 35.5. The number of hydrogen-bond donors (Lipinski definition) is 1. The van der Waals surface area contributed by atoms with Crippen LogP contribution in [0.5, 0.6) is 0 Å². The van der Waals surface area contributed by atoms with E-state index in [1.807, 2.05) is 13.8 Å². The second-order valence-electron chi connectivity index (χ2n) is 2.42. The summed E-state index contributed by atoms with van der Waals surface area (Å²) in [7, 11) is 1.00. The Hall–Kier alpha value is 0.830. The fraction of sp³-hybridized carbons (Fsp3) is 1.00. The molecule has 0 aromatic rings. The van der Waals surface area contributed by atoms with Crippen LogP contribution in [0.1, 0.15) is 13.8 Å². The Kier molecular flexibility index (Phi) is 3.31. The van der Waals surface area contributed by atoms with Crippen molar-refractivity contribution < 1.29 is 5.11 Å². The maximum Gasteiger partial charge on any atom is 0.141 e. The van der Waals surface area contributed by atoms with Crippen LogP contribution in [-0.4, -0.2) is 21.4 Å². The molecule has 1 aliphatic rings. The van der Waals surface area contributed by atoms with Gasteiger partial charge in [-0.05, 0) is 6.92 Å². The Morgan fingerprint density at radius 2 is 1.30 bits per heavy atom. The fourth-order valence-corrected chi connectivity index (χ4v) is 1.73. The summed E-state index contributed by atoms with van der Waals surface area (Å²) in [6.45, 7) is 3.78. The third kappa shape index (κ3) is 1.38. The van der Waals surface area contributed by atoms with Crippen LogP contribution in [0.25, 0.3) is 0 Å². The van der Waals surface area contributed by atoms with Crippen LogP contribution in [0.4, 0.5) is 0 Å². The summed E-state index contributed by atoms with van der Waals surface area (Å²) in [6, 6.07) is 0. The highest BCUT2D eigenvalue weighted by Crippen LogP contribution is 2.65. The van der Waals surface area contributed by atoms with Crippen molar-refractivity contribution in [1.82, 2.24) is 0 Å². The number of hydrogen-bond acceptors (Lipinski definition) is 1. The van der Waals surface area contributed by atoms with Gasteiger partial charge < -0.3 is 5.11 Å². The zero-order valence-corrected chi connectivity index (χ0v) is 8.43. The largest absolute Gasteiger partial charge is 0.400 e. The summed E-state index contributed by atoms with van der Waals surface area (Å²) in [4.78, 5) is -0.393. The van der Waals surface area contributed by atoms with E-state index in [0.717, 1.165) is 7.11 Å². The normalized spacial score (nSPS) is 41.7. The van der Waals surface area contributed by atoms with Gasteiger partial charge >= 0.3 is 0 Å². The SMILES string of the molecule is CC1C(C)(Cl)C1(Cl)Cl.CO. The minimum atomic E-state index is -0.686. The lowest BCUT2D eigenvalue weighted by Gasteiger charge is -1.96. The van der Waals surface area contributed by atoms with Gasteiger partial charge in [0.2, 0.25) is 0 Å². The maximum absolute atomic E-state index is 7.00. The molecule has 2 unspecified atom stereocenters. The van der Waals surface area contributed by atoms with E-state index in [4.69, 9.17) is 39.9 Å². The number of halogens is 3. The van der Waals surface area contributed by atoms with E-state index >= 15 is 0 Å². The molecule has 1 saturated carbocycles. The van der Waals surface area contributed by atoms with Crippen LogP contribution < -0.4 is 0 Å². The van der Waals surface area contributed by atoms with Crippen molar-refractivity contribution in [2.45, 2.75) is 23.1 Å². The third-order valence-electron chi connectivity index (χ3n) is 1.93. The Morgan fingerprint density at radius 1 is 1.20 bits per heavy atom. The van der Waals surface area contributed by atoms with Gasteiger partial charge in [0.15, 0.2) is 0 Å². The lowest BCUT2D eigenvalue weighted by atomic mass is 10.4. The standard InChI is InChI=1S/C5H7Cl3.CH4O/c1-3-4(2,6)5(3,7)8;1-2/h3H,1-2H3;2H,1H3. The van der Waals surface area contributed by atoms with Crippen molar-refractivity contribution in [3.63, 3.8) is 0 Å². The van der Waals surface area contributed by atoms with Crippen molar-refractivity contribution in [3.05, 3.63) is 0 Å². The van der Waals surface area contributed by atoms with E-state index in [0.29, 0.717) is 0 Å². The highest BCUT2D eigenvalue weighted by molar-refractivity contribution is 6.58. The molecule has 2 atom stereocenters. The lowest BCUT2D eigenvalue weighted by molar-refractivity contribution is 0.399. The molecule has 0 amide bonds. The van der Waals surface area contributed by atoms with Crippen LogP contribution in [0.15, 0.2) is 0 Å². The molecule has 1 N–H and O–H groups in total. The summed E-state index contributed by atoms with van der Waals surface area (Å²) >= 11 is 17.3. The zero-order valence-electron chi connectivity index (χ0n) is 6.16. The van der Waals surface area contributed by atoms with Gasteiger partial charge in [0.05, 0.1) is 4.87 Å².